The molecule has 3 aromatic heterocycles. The molecule has 1 unspecified atom stereocenters. The first kappa shape index (κ1) is 31.3. The number of anilines is 1. The van der Waals surface area contributed by atoms with Gasteiger partial charge >= 0.3 is 5.97 Å². The van der Waals surface area contributed by atoms with Gasteiger partial charge in [0.15, 0.2) is 11.5 Å². The summed E-state index contributed by atoms with van der Waals surface area (Å²) in [7, 11) is -3.42. The van der Waals surface area contributed by atoms with Gasteiger partial charge in [-0.05, 0) is 66.8 Å². The molecule has 0 saturated carbocycles. The number of ether oxygens (including phenoxy) is 2. The van der Waals surface area contributed by atoms with Gasteiger partial charge in [-0.15, -0.1) is 21.0 Å². The molecule has 1 fully saturated rings. The molecule has 0 amide bonds. The number of carbonyl (C=O) groups excluding carboxylic acids is 1. The van der Waals surface area contributed by atoms with Gasteiger partial charge in [0.05, 0.1) is 32.3 Å². The minimum Gasteiger partial charge on any atom is -0.466 e. The molecule has 0 bridgehead atoms. The first-order valence-electron chi connectivity index (χ1n) is 14.8. The first-order valence-corrected chi connectivity index (χ1v) is 16.3. The lowest BCUT2D eigenvalue weighted by atomic mass is 9.85. The van der Waals surface area contributed by atoms with E-state index in [0.29, 0.717) is 42.6 Å². The molecule has 0 radical (unpaired) electrons. The molecule has 1 aromatic carbocycles. The van der Waals surface area contributed by atoms with Crippen molar-refractivity contribution in [2.45, 2.75) is 57.0 Å². The summed E-state index contributed by atoms with van der Waals surface area (Å²) in [5.41, 5.74) is 4.21. The summed E-state index contributed by atoms with van der Waals surface area (Å²) in [5, 5.41) is 7.69. The largest absolute Gasteiger partial charge is 0.466 e. The number of aromatic nitrogens is 4. The second-order valence-corrected chi connectivity index (χ2v) is 13.3. The van der Waals surface area contributed by atoms with E-state index in [-0.39, 0.29) is 31.3 Å². The standard InChI is InChI=1S/C31H36F2N6O5S/c1-4-44-27(40)15-25(24-9-11-39-29(20(24)3)35-36-31(39)28(32)33)21-8-7-19(2)22(14-21)16-37-17-23-18-43-13-12-38(23)30-26(45(37,41)42)6-5-10-34-30/h5-11,14,23,25,28,41-42H,4,12-13,15-18H2,1-3H3/t23-,25?/m0/s1. The summed E-state index contributed by atoms with van der Waals surface area (Å²) >= 11 is 0. The summed E-state index contributed by atoms with van der Waals surface area (Å²) < 4.78 is 64.5. The van der Waals surface area contributed by atoms with Crippen LogP contribution in [0.5, 0.6) is 0 Å². The number of aryl methyl sites for hydroxylation is 2. The number of rotatable bonds is 8. The lowest BCUT2D eigenvalue weighted by Gasteiger charge is -2.42. The second-order valence-electron chi connectivity index (χ2n) is 11.3. The number of fused-ring (bicyclic) bond motifs is 4. The summed E-state index contributed by atoms with van der Waals surface area (Å²) in [6.07, 6.45) is 0.375. The van der Waals surface area contributed by atoms with Crippen LogP contribution in [0.2, 0.25) is 0 Å². The fourth-order valence-electron chi connectivity index (χ4n) is 6.23. The first-order chi connectivity index (χ1) is 21.6. The predicted octanol–water partition coefficient (Wildman–Crippen LogP) is 5.51. The van der Waals surface area contributed by atoms with Crippen molar-refractivity contribution in [3.05, 3.63) is 82.4 Å². The number of halogens is 2. The minimum absolute atomic E-state index is 0.00944. The van der Waals surface area contributed by atoms with Crippen molar-refractivity contribution in [3.8, 4) is 0 Å². The molecule has 14 heteroatoms. The number of esters is 1. The molecule has 2 aliphatic heterocycles. The minimum atomic E-state index is -3.42. The van der Waals surface area contributed by atoms with E-state index in [2.05, 4.69) is 20.1 Å². The van der Waals surface area contributed by atoms with Gasteiger partial charge in [0.2, 0.25) is 5.82 Å². The monoisotopic (exact) mass is 642 g/mol. The van der Waals surface area contributed by atoms with Crippen LogP contribution < -0.4 is 4.90 Å². The predicted molar refractivity (Wildman–Crippen MR) is 165 cm³/mol. The fraction of sp³-hybridized carbons (Fsp3) is 0.419. The second kappa shape index (κ2) is 12.6. The van der Waals surface area contributed by atoms with E-state index in [1.165, 1.54) is 10.6 Å². The van der Waals surface area contributed by atoms with E-state index < -0.39 is 34.9 Å². The van der Waals surface area contributed by atoms with Gasteiger partial charge in [0, 0.05) is 37.9 Å². The molecule has 11 nitrogen and oxygen atoms in total. The van der Waals surface area contributed by atoms with Crippen LogP contribution in [0.25, 0.3) is 5.65 Å². The lowest BCUT2D eigenvalue weighted by molar-refractivity contribution is -0.143. The molecule has 2 atom stereocenters. The van der Waals surface area contributed by atoms with Gasteiger partial charge in [0.25, 0.3) is 6.43 Å². The molecule has 5 heterocycles. The average Bonchev–Trinajstić information content (AvgIpc) is 3.44. The summed E-state index contributed by atoms with van der Waals surface area (Å²) in [6, 6.07) is 10.8. The highest BCUT2D eigenvalue weighted by Crippen LogP contribution is 2.57. The Bertz CT molecular complexity index is 1720. The van der Waals surface area contributed by atoms with Crippen molar-refractivity contribution in [3.63, 3.8) is 0 Å². The SMILES string of the molecule is CCOC(=O)CC(c1ccc(C)c(CN2C[C@H]3COCCN3c3ncccc3S2(O)O)c1)c1ccn2c(C(F)F)nnc2c1C. The molecule has 240 valence electrons. The zero-order chi connectivity index (χ0) is 31.9. The summed E-state index contributed by atoms with van der Waals surface area (Å²) in [6.45, 7) is 7.79. The van der Waals surface area contributed by atoms with Gasteiger partial charge in [-0.1, -0.05) is 18.2 Å². The van der Waals surface area contributed by atoms with E-state index in [4.69, 9.17) is 9.47 Å². The highest BCUT2D eigenvalue weighted by atomic mass is 32.3. The van der Waals surface area contributed by atoms with Gasteiger partial charge in [0.1, 0.15) is 4.90 Å². The fourth-order valence-corrected chi connectivity index (χ4v) is 7.89. The van der Waals surface area contributed by atoms with Crippen molar-refractivity contribution in [2.24, 2.45) is 0 Å². The van der Waals surface area contributed by atoms with Gasteiger partial charge < -0.3 is 14.4 Å². The van der Waals surface area contributed by atoms with Crippen molar-refractivity contribution >= 4 is 28.2 Å². The van der Waals surface area contributed by atoms with Gasteiger partial charge in [-0.25, -0.2) is 13.8 Å². The molecule has 2 aliphatic rings. The van der Waals surface area contributed by atoms with E-state index in [0.717, 1.165) is 22.3 Å². The van der Waals surface area contributed by atoms with Crippen molar-refractivity contribution < 1.29 is 32.2 Å². The third-order valence-corrected chi connectivity index (χ3v) is 10.5. The van der Waals surface area contributed by atoms with Crippen LogP contribution in [-0.2, 0) is 20.8 Å². The topological polar surface area (TPSA) is 126 Å². The van der Waals surface area contributed by atoms with Gasteiger partial charge in [-0.2, -0.15) is 4.31 Å². The molecule has 1 saturated heterocycles. The summed E-state index contributed by atoms with van der Waals surface area (Å²) in [5.74, 6) is -0.782. The Hall–Kier alpha value is -3.69. The highest BCUT2D eigenvalue weighted by Gasteiger charge is 2.40. The molecular weight excluding hydrogens is 606 g/mol. The molecule has 0 aliphatic carbocycles. The van der Waals surface area contributed by atoms with Crippen LogP contribution in [-0.4, -0.2) is 77.9 Å². The number of carbonyl (C=O) groups is 1. The Morgan fingerprint density at radius 3 is 2.80 bits per heavy atom. The van der Waals surface area contributed by atoms with Crippen molar-refractivity contribution in [1.29, 1.82) is 0 Å². The van der Waals surface area contributed by atoms with Crippen LogP contribution in [0, 0.1) is 13.8 Å². The molecule has 2 N–H and O–H groups in total. The third kappa shape index (κ3) is 5.88. The molecule has 45 heavy (non-hydrogen) atoms. The number of hydrogen-bond donors (Lipinski definition) is 2. The van der Waals surface area contributed by atoms with Crippen LogP contribution in [0.1, 0.15) is 59.3 Å². The van der Waals surface area contributed by atoms with E-state index in [9.17, 15) is 22.7 Å². The number of alkyl halides is 2. The van der Waals surface area contributed by atoms with Crippen LogP contribution in [0.3, 0.4) is 0 Å². The van der Waals surface area contributed by atoms with Gasteiger partial charge in [-0.3, -0.25) is 18.3 Å². The molecule has 6 rings (SSSR count). The number of pyridine rings is 2. The number of benzene rings is 1. The molecule has 0 spiro atoms. The average molecular weight is 643 g/mol. The Balaban J connectivity index is 1.39. The van der Waals surface area contributed by atoms with E-state index >= 15 is 0 Å². The van der Waals surface area contributed by atoms with Crippen LogP contribution in [0.4, 0.5) is 14.6 Å². The van der Waals surface area contributed by atoms with Crippen molar-refractivity contribution in [1.82, 2.24) is 23.9 Å². The van der Waals surface area contributed by atoms with Crippen molar-refractivity contribution in [2.75, 3.05) is 37.8 Å². The Labute approximate surface area is 261 Å². The maximum atomic E-state index is 13.5. The number of hydrogen-bond acceptors (Lipinski definition) is 10. The van der Waals surface area contributed by atoms with Crippen LogP contribution in [0.15, 0.2) is 53.7 Å². The van der Waals surface area contributed by atoms with E-state index in [1.54, 1.807) is 42.5 Å². The lowest BCUT2D eigenvalue weighted by Crippen LogP contribution is -2.50. The zero-order valence-electron chi connectivity index (χ0n) is 25.3. The van der Waals surface area contributed by atoms with E-state index in [1.807, 2.05) is 25.1 Å². The normalized spacial score (nSPS) is 19.6. The smallest absolute Gasteiger partial charge is 0.306 e. The number of morpholine rings is 1. The Kier molecular flexibility index (Phi) is 8.76. The summed E-state index contributed by atoms with van der Waals surface area (Å²) in [4.78, 5) is 19.9. The number of nitrogens with zero attached hydrogens (tertiary/aromatic N) is 6. The Morgan fingerprint density at radius 2 is 2.02 bits per heavy atom. The maximum absolute atomic E-state index is 13.5. The Morgan fingerprint density at radius 1 is 1.20 bits per heavy atom. The molecular formula is C31H36F2N6O5S. The molecule has 4 aromatic rings. The quantitative estimate of drug-likeness (QED) is 0.238. The third-order valence-electron chi connectivity index (χ3n) is 8.58. The maximum Gasteiger partial charge on any atom is 0.306 e. The zero-order valence-corrected chi connectivity index (χ0v) is 26.1. The van der Waals surface area contributed by atoms with Crippen LogP contribution >= 0.6 is 10.8 Å². The highest BCUT2D eigenvalue weighted by molar-refractivity contribution is 8.22.